The molecule has 2 N–H and O–H groups in total. The van der Waals surface area contributed by atoms with E-state index in [-0.39, 0.29) is 12.0 Å². The molecule has 0 aliphatic heterocycles. The van der Waals surface area contributed by atoms with Gasteiger partial charge < -0.3 is 4.74 Å². The maximum atomic E-state index is 12.2. The highest BCUT2D eigenvalue weighted by Gasteiger charge is 2.12. The third-order valence-electron chi connectivity index (χ3n) is 3.42. The lowest BCUT2D eigenvalue weighted by Crippen LogP contribution is -2.41. The van der Waals surface area contributed by atoms with Gasteiger partial charge in [-0.05, 0) is 66.3 Å². The van der Waals surface area contributed by atoms with Crippen LogP contribution in [0, 0.1) is 3.57 Å². The highest BCUT2D eigenvalue weighted by Crippen LogP contribution is 2.16. The molecule has 1 unspecified atom stereocenters. The van der Waals surface area contributed by atoms with Crippen molar-refractivity contribution < 1.29 is 14.3 Å². The Morgan fingerprint density at radius 1 is 1.08 bits per heavy atom. The molecule has 2 amide bonds. The van der Waals surface area contributed by atoms with Crippen molar-refractivity contribution in [3.8, 4) is 5.75 Å². The van der Waals surface area contributed by atoms with Crippen molar-refractivity contribution in [3.63, 3.8) is 0 Å². The first kappa shape index (κ1) is 18.3. The molecular formula is C18H19IN2O3. The topological polar surface area (TPSA) is 67.4 Å². The molecule has 2 aromatic rings. The summed E-state index contributed by atoms with van der Waals surface area (Å²) in [5, 5.41) is 0. The second kappa shape index (κ2) is 8.68. The molecule has 6 heteroatoms. The average molecular weight is 438 g/mol. The van der Waals surface area contributed by atoms with Crippen LogP contribution in [-0.4, -0.2) is 17.9 Å². The number of hydrazine groups is 1. The molecule has 0 spiro atoms. The lowest BCUT2D eigenvalue weighted by atomic mass is 10.2. The summed E-state index contributed by atoms with van der Waals surface area (Å²) >= 11 is 2.07. The quantitative estimate of drug-likeness (QED) is 0.555. The molecule has 5 nitrogen and oxygen atoms in total. The molecule has 0 radical (unpaired) electrons. The van der Waals surface area contributed by atoms with Gasteiger partial charge in [0.2, 0.25) is 0 Å². The van der Waals surface area contributed by atoms with Crippen LogP contribution in [0.2, 0.25) is 0 Å². The van der Waals surface area contributed by atoms with Crippen LogP contribution in [0.5, 0.6) is 5.75 Å². The van der Waals surface area contributed by atoms with E-state index in [0.29, 0.717) is 16.9 Å². The second-order valence-electron chi connectivity index (χ2n) is 5.25. The Morgan fingerprint density at radius 3 is 2.50 bits per heavy atom. The zero-order valence-corrected chi connectivity index (χ0v) is 15.7. The van der Waals surface area contributed by atoms with Gasteiger partial charge in [-0.3, -0.25) is 20.4 Å². The molecular weight excluding hydrogens is 419 g/mol. The fourth-order valence-electron chi connectivity index (χ4n) is 1.92. The summed E-state index contributed by atoms with van der Waals surface area (Å²) in [6.45, 7) is 4.00. The molecule has 2 rings (SSSR count). The molecule has 0 aliphatic carbocycles. The smallest absolute Gasteiger partial charge is 0.270 e. The Morgan fingerprint density at radius 2 is 1.79 bits per heavy atom. The van der Waals surface area contributed by atoms with E-state index in [1.807, 2.05) is 26.0 Å². The summed E-state index contributed by atoms with van der Waals surface area (Å²) in [6, 6.07) is 14.0. The van der Waals surface area contributed by atoms with E-state index < -0.39 is 5.91 Å². The first-order valence-electron chi connectivity index (χ1n) is 7.63. The molecule has 0 aliphatic rings. The SMILES string of the molecule is CCC(C)Oc1cccc(C(=O)NNC(=O)c2ccccc2I)c1. The number of hydrogen-bond donors (Lipinski definition) is 2. The van der Waals surface area contributed by atoms with Gasteiger partial charge in [0.25, 0.3) is 11.8 Å². The molecule has 1 atom stereocenters. The molecule has 2 aromatic carbocycles. The fourth-order valence-corrected chi connectivity index (χ4v) is 2.56. The molecule has 24 heavy (non-hydrogen) atoms. The van der Waals surface area contributed by atoms with E-state index in [2.05, 4.69) is 33.4 Å². The molecule has 0 aromatic heterocycles. The highest BCUT2D eigenvalue weighted by molar-refractivity contribution is 14.1. The van der Waals surface area contributed by atoms with Gasteiger partial charge in [-0.2, -0.15) is 0 Å². The van der Waals surface area contributed by atoms with Crippen LogP contribution in [-0.2, 0) is 0 Å². The third kappa shape index (κ3) is 4.95. The Labute approximate surface area is 154 Å². The van der Waals surface area contributed by atoms with Crippen molar-refractivity contribution in [2.45, 2.75) is 26.4 Å². The normalized spacial score (nSPS) is 11.5. The first-order valence-corrected chi connectivity index (χ1v) is 8.71. The number of amides is 2. The van der Waals surface area contributed by atoms with Gasteiger partial charge in [-0.1, -0.05) is 25.1 Å². The highest BCUT2D eigenvalue weighted by atomic mass is 127. The minimum atomic E-state index is -0.399. The van der Waals surface area contributed by atoms with Crippen LogP contribution in [0.15, 0.2) is 48.5 Å². The summed E-state index contributed by atoms with van der Waals surface area (Å²) in [5.41, 5.74) is 5.77. The molecule has 0 saturated carbocycles. The van der Waals surface area contributed by atoms with Crippen molar-refractivity contribution in [2.24, 2.45) is 0 Å². The van der Waals surface area contributed by atoms with E-state index in [4.69, 9.17) is 4.74 Å². The largest absolute Gasteiger partial charge is 0.491 e. The third-order valence-corrected chi connectivity index (χ3v) is 4.36. The molecule has 0 saturated heterocycles. The minimum Gasteiger partial charge on any atom is -0.491 e. The number of rotatable bonds is 5. The van der Waals surface area contributed by atoms with Crippen LogP contribution >= 0.6 is 22.6 Å². The van der Waals surface area contributed by atoms with Gasteiger partial charge >= 0.3 is 0 Å². The lowest BCUT2D eigenvalue weighted by molar-refractivity contribution is 0.0846. The van der Waals surface area contributed by atoms with Crippen LogP contribution in [0.1, 0.15) is 41.0 Å². The molecule has 0 bridgehead atoms. The standard InChI is InChI=1S/C18H19IN2O3/c1-3-12(2)24-14-8-6-7-13(11-14)17(22)20-21-18(23)15-9-4-5-10-16(15)19/h4-12H,3H2,1-2H3,(H,20,22)(H,21,23). The maximum Gasteiger partial charge on any atom is 0.270 e. The van der Waals surface area contributed by atoms with Gasteiger partial charge in [0.1, 0.15) is 5.75 Å². The Balaban J connectivity index is 1.99. The van der Waals surface area contributed by atoms with Gasteiger partial charge in [-0.15, -0.1) is 0 Å². The van der Waals surface area contributed by atoms with E-state index in [9.17, 15) is 9.59 Å². The van der Waals surface area contributed by atoms with Gasteiger partial charge in [0.15, 0.2) is 0 Å². The number of carbonyl (C=O) groups excluding carboxylic acids is 2. The molecule has 126 valence electrons. The summed E-state index contributed by atoms with van der Waals surface area (Å²) in [6.07, 6.45) is 0.950. The van der Waals surface area contributed by atoms with Gasteiger partial charge in [0, 0.05) is 9.13 Å². The average Bonchev–Trinajstić information content (AvgIpc) is 2.59. The predicted octanol–water partition coefficient (Wildman–Crippen LogP) is 3.54. The van der Waals surface area contributed by atoms with Crippen LogP contribution in [0.3, 0.4) is 0 Å². The molecule has 0 heterocycles. The van der Waals surface area contributed by atoms with Crippen molar-refractivity contribution >= 4 is 34.4 Å². The summed E-state index contributed by atoms with van der Waals surface area (Å²) in [5.74, 6) is -0.134. The van der Waals surface area contributed by atoms with E-state index >= 15 is 0 Å². The summed E-state index contributed by atoms with van der Waals surface area (Å²) in [4.78, 5) is 24.3. The number of ether oxygens (including phenoxy) is 1. The molecule has 0 fully saturated rings. The zero-order chi connectivity index (χ0) is 17.5. The zero-order valence-electron chi connectivity index (χ0n) is 13.5. The predicted molar refractivity (Wildman–Crippen MR) is 101 cm³/mol. The number of halogens is 1. The van der Waals surface area contributed by atoms with Crippen LogP contribution < -0.4 is 15.6 Å². The van der Waals surface area contributed by atoms with Crippen molar-refractivity contribution in [1.29, 1.82) is 0 Å². The van der Waals surface area contributed by atoms with Crippen molar-refractivity contribution in [1.82, 2.24) is 10.9 Å². The van der Waals surface area contributed by atoms with Crippen LogP contribution in [0.25, 0.3) is 0 Å². The summed E-state index contributed by atoms with van der Waals surface area (Å²) < 4.78 is 6.51. The van der Waals surface area contributed by atoms with Crippen molar-refractivity contribution in [2.75, 3.05) is 0 Å². The first-order chi connectivity index (χ1) is 11.5. The number of carbonyl (C=O) groups is 2. The number of nitrogens with one attached hydrogen (secondary N) is 2. The van der Waals surface area contributed by atoms with E-state index in [1.165, 1.54) is 0 Å². The van der Waals surface area contributed by atoms with E-state index in [0.717, 1.165) is 9.99 Å². The lowest BCUT2D eigenvalue weighted by Gasteiger charge is -2.13. The number of benzene rings is 2. The van der Waals surface area contributed by atoms with Crippen molar-refractivity contribution in [3.05, 3.63) is 63.2 Å². The maximum absolute atomic E-state index is 12.2. The Bertz CT molecular complexity index is 734. The fraction of sp³-hybridized carbons (Fsp3) is 0.222. The monoisotopic (exact) mass is 438 g/mol. The minimum absolute atomic E-state index is 0.0724. The van der Waals surface area contributed by atoms with E-state index in [1.54, 1.807) is 36.4 Å². The van der Waals surface area contributed by atoms with Gasteiger partial charge in [0.05, 0.1) is 11.7 Å². The van der Waals surface area contributed by atoms with Crippen LogP contribution in [0.4, 0.5) is 0 Å². The Kier molecular flexibility index (Phi) is 6.60. The Hall–Kier alpha value is -2.09. The number of hydrogen-bond acceptors (Lipinski definition) is 3. The summed E-state index contributed by atoms with van der Waals surface area (Å²) in [7, 11) is 0. The van der Waals surface area contributed by atoms with Gasteiger partial charge in [-0.25, -0.2) is 0 Å². The second-order valence-corrected chi connectivity index (χ2v) is 6.41.